The molecule has 3 aromatic rings. The molecule has 0 aliphatic heterocycles. The first-order valence-corrected chi connectivity index (χ1v) is 14.2. The maximum atomic E-state index is 13.8. The Bertz CT molecular complexity index is 1240. The van der Waals surface area contributed by atoms with Crippen molar-refractivity contribution in [1.29, 1.82) is 0 Å². The van der Waals surface area contributed by atoms with Gasteiger partial charge in [-0.05, 0) is 73.7 Å². The summed E-state index contributed by atoms with van der Waals surface area (Å²) in [5, 5.41) is 0.776. The molecule has 0 N–H and O–H groups in total. The molecule has 2 aromatic carbocycles. The molecule has 1 aromatic heterocycles. The fraction of sp³-hybridized carbons (Fsp3) is 0.419. The highest BCUT2D eigenvalue weighted by Crippen LogP contribution is 2.22. The molecule has 0 aliphatic rings. The van der Waals surface area contributed by atoms with Crippen molar-refractivity contribution < 1.29 is 14.3 Å². The molecule has 0 bridgehead atoms. The van der Waals surface area contributed by atoms with E-state index in [1.165, 1.54) is 0 Å². The minimum absolute atomic E-state index is 0.000310. The Labute approximate surface area is 242 Å². The number of amides is 2. The summed E-state index contributed by atoms with van der Waals surface area (Å²) in [7, 11) is 1.66. The molecular formula is C31H39Cl2N3O3. The summed E-state index contributed by atoms with van der Waals surface area (Å²) in [6, 6.07) is 16.8. The maximum Gasteiger partial charge on any atom is 0.254 e. The minimum atomic E-state index is -0.251. The highest BCUT2D eigenvalue weighted by molar-refractivity contribution is 6.35. The van der Waals surface area contributed by atoms with E-state index in [4.69, 9.17) is 27.9 Å². The van der Waals surface area contributed by atoms with Gasteiger partial charge in [-0.25, -0.2) is 0 Å². The summed E-state index contributed by atoms with van der Waals surface area (Å²) in [6.45, 7) is 9.87. The molecule has 3 rings (SSSR count). The molecule has 2 amide bonds. The van der Waals surface area contributed by atoms with Gasteiger partial charge in [0.1, 0.15) is 12.3 Å². The van der Waals surface area contributed by atoms with Crippen molar-refractivity contribution in [3.05, 3.63) is 87.7 Å². The summed E-state index contributed by atoms with van der Waals surface area (Å²) in [4.78, 5) is 30.8. The first kappa shape index (κ1) is 30.6. The number of rotatable bonds is 13. The summed E-state index contributed by atoms with van der Waals surface area (Å²) < 4.78 is 7.52. The van der Waals surface area contributed by atoms with E-state index in [0.29, 0.717) is 41.2 Å². The number of hydrogen-bond donors (Lipinski definition) is 0. The molecule has 1 atom stereocenters. The van der Waals surface area contributed by atoms with Gasteiger partial charge in [0.25, 0.3) is 5.91 Å². The number of hydrogen-bond acceptors (Lipinski definition) is 3. The van der Waals surface area contributed by atoms with Crippen LogP contribution in [0.2, 0.25) is 10.0 Å². The lowest BCUT2D eigenvalue weighted by atomic mass is 10.1. The van der Waals surface area contributed by atoms with E-state index in [0.717, 1.165) is 29.8 Å². The SMILES string of the molecule is CCC(C)N(Cc1cccn1Cc1cccc(OC)c1)C(=O)CN(CCC(C)C)C(=O)c1cc(Cl)cc(Cl)c1. The Morgan fingerprint density at radius 2 is 1.72 bits per heavy atom. The molecular weight excluding hydrogens is 533 g/mol. The van der Waals surface area contributed by atoms with Gasteiger partial charge in [0.05, 0.1) is 13.7 Å². The topological polar surface area (TPSA) is 54.8 Å². The molecule has 39 heavy (non-hydrogen) atoms. The predicted molar refractivity (Wildman–Crippen MR) is 159 cm³/mol. The van der Waals surface area contributed by atoms with E-state index >= 15 is 0 Å². The van der Waals surface area contributed by atoms with Crippen LogP contribution in [0, 0.1) is 5.92 Å². The molecule has 0 spiro atoms. The fourth-order valence-electron chi connectivity index (χ4n) is 4.38. The van der Waals surface area contributed by atoms with Crippen LogP contribution >= 0.6 is 23.2 Å². The van der Waals surface area contributed by atoms with Crippen LogP contribution in [0.1, 0.15) is 62.2 Å². The van der Waals surface area contributed by atoms with Gasteiger partial charge >= 0.3 is 0 Å². The van der Waals surface area contributed by atoms with Gasteiger partial charge in [-0.3, -0.25) is 9.59 Å². The van der Waals surface area contributed by atoms with Crippen molar-refractivity contribution in [3.63, 3.8) is 0 Å². The Balaban J connectivity index is 1.82. The van der Waals surface area contributed by atoms with Gasteiger partial charge in [-0.2, -0.15) is 0 Å². The summed E-state index contributed by atoms with van der Waals surface area (Å²) in [5.41, 5.74) is 2.51. The van der Waals surface area contributed by atoms with Crippen LogP contribution in [0.5, 0.6) is 5.75 Å². The number of aromatic nitrogens is 1. The smallest absolute Gasteiger partial charge is 0.254 e. The number of carbonyl (C=O) groups excluding carboxylic acids is 2. The standard InChI is InChI=1S/C31H39Cl2N3O3/c1-6-23(4)36(20-28-10-8-13-34(28)19-24-9-7-11-29(15-24)39-5)30(37)21-35(14-12-22(2)3)31(38)25-16-26(32)18-27(33)17-25/h7-11,13,15-18,22-23H,6,12,14,19-21H2,1-5H3. The first-order chi connectivity index (χ1) is 18.6. The third kappa shape index (κ3) is 8.77. The molecule has 0 saturated heterocycles. The number of methoxy groups -OCH3 is 1. The second-order valence-corrected chi connectivity index (χ2v) is 11.2. The van der Waals surface area contributed by atoms with Crippen molar-refractivity contribution in [3.8, 4) is 5.75 Å². The molecule has 210 valence electrons. The molecule has 1 unspecified atom stereocenters. The molecule has 0 radical (unpaired) electrons. The van der Waals surface area contributed by atoms with E-state index in [9.17, 15) is 9.59 Å². The Morgan fingerprint density at radius 3 is 2.36 bits per heavy atom. The van der Waals surface area contributed by atoms with Crippen LogP contribution in [0.3, 0.4) is 0 Å². The van der Waals surface area contributed by atoms with Gasteiger partial charge in [0.2, 0.25) is 5.91 Å². The normalized spacial score (nSPS) is 11.9. The number of carbonyl (C=O) groups is 2. The quantitative estimate of drug-likeness (QED) is 0.218. The molecule has 0 aliphatic carbocycles. The molecule has 0 saturated carbocycles. The van der Waals surface area contributed by atoms with Crippen LogP contribution < -0.4 is 4.74 Å². The molecule has 6 nitrogen and oxygen atoms in total. The van der Waals surface area contributed by atoms with E-state index in [1.807, 2.05) is 48.4 Å². The van der Waals surface area contributed by atoms with Crippen LogP contribution in [0.15, 0.2) is 60.8 Å². The fourth-order valence-corrected chi connectivity index (χ4v) is 4.91. The number of halogens is 2. The molecule has 0 fully saturated rings. The van der Waals surface area contributed by atoms with E-state index in [1.54, 1.807) is 30.2 Å². The van der Waals surface area contributed by atoms with Gasteiger partial charge in [-0.15, -0.1) is 0 Å². The summed E-state index contributed by atoms with van der Waals surface area (Å²) in [6.07, 6.45) is 3.60. The second-order valence-electron chi connectivity index (χ2n) is 10.3. The van der Waals surface area contributed by atoms with Crippen LogP contribution in [-0.2, 0) is 17.9 Å². The Kier molecular flexibility index (Phi) is 11.3. The first-order valence-electron chi connectivity index (χ1n) is 13.4. The average Bonchev–Trinajstić information content (AvgIpc) is 3.34. The lowest BCUT2D eigenvalue weighted by Crippen LogP contribution is -2.46. The van der Waals surface area contributed by atoms with Crippen LogP contribution in [0.4, 0.5) is 0 Å². The highest BCUT2D eigenvalue weighted by Gasteiger charge is 2.26. The third-order valence-electron chi connectivity index (χ3n) is 6.89. The third-order valence-corrected chi connectivity index (χ3v) is 7.32. The Morgan fingerprint density at radius 1 is 1.00 bits per heavy atom. The Hall–Kier alpha value is -2.96. The van der Waals surface area contributed by atoms with Crippen LogP contribution in [-0.4, -0.2) is 52.4 Å². The zero-order valence-corrected chi connectivity index (χ0v) is 25.0. The lowest BCUT2D eigenvalue weighted by molar-refractivity contribution is -0.134. The largest absolute Gasteiger partial charge is 0.497 e. The van der Waals surface area contributed by atoms with Gasteiger partial charge < -0.3 is 19.1 Å². The predicted octanol–water partition coefficient (Wildman–Crippen LogP) is 7.17. The van der Waals surface area contributed by atoms with Gasteiger partial charge in [-0.1, -0.05) is 56.1 Å². The van der Waals surface area contributed by atoms with Crippen molar-refractivity contribution in [1.82, 2.24) is 14.4 Å². The molecule has 8 heteroatoms. The minimum Gasteiger partial charge on any atom is -0.497 e. The number of ether oxygens (including phenoxy) is 1. The van der Waals surface area contributed by atoms with E-state index < -0.39 is 0 Å². The maximum absolute atomic E-state index is 13.8. The van der Waals surface area contributed by atoms with E-state index in [2.05, 4.69) is 31.4 Å². The zero-order valence-electron chi connectivity index (χ0n) is 23.5. The van der Waals surface area contributed by atoms with Crippen molar-refractivity contribution in [2.45, 2.75) is 59.7 Å². The van der Waals surface area contributed by atoms with Gasteiger partial charge in [0, 0.05) is 46.6 Å². The average molecular weight is 573 g/mol. The monoisotopic (exact) mass is 571 g/mol. The number of nitrogens with zero attached hydrogens (tertiary/aromatic N) is 3. The van der Waals surface area contributed by atoms with Crippen molar-refractivity contribution >= 4 is 35.0 Å². The second kappa shape index (κ2) is 14.4. The summed E-state index contributed by atoms with van der Waals surface area (Å²) in [5.74, 6) is 0.844. The highest BCUT2D eigenvalue weighted by atomic mass is 35.5. The van der Waals surface area contributed by atoms with Crippen molar-refractivity contribution in [2.75, 3.05) is 20.2 Å². The lowest BCUT2D eigenvalue weighted by Gasteiger charge is -2.32. The zero-order chi connectivity index (χ0) is 28.5. The van der Waals surface area contributed by atoms with Gasteiger partial charge in [0.15, 0.2) is 0 Å². The van der Waals surface area contributed by atoms with Crippen molar-refractivity contribution in [2.24, 2.45) is 5.92 Å². The summed E-state index contributed by atoms with van der Waals surface area (Å²) >= 11 is 12.3. The van der Waals surface area contributed by atoms with Crippen LogP contribution in [0.25, 0.3) is 0 Å². The van der Waals surface area contributed by atoms with E-state index in [-0.39, 0.29) is 24.4 Å². The number of benzene rings is 2. The molecule has 1 heterocycles.